The summed E-state index contributed by atoms with van der Waals surface area (Å²) < 4.78 is 25.7. The van der Waals surface area contributed by atoms with Crippen LogP contribution in [0.2, 0.25) is 0 Å². The Kier molecular flexibility index (Phi) is 3.54. The van der Waals surface area contributed by atoms with Crippen molar-refractivity contribution in [2.45, 2.75) is 4.90 Å². The minimum absolute atomic E-state index is 0.290. The highest BCUT2D eigenvalue weighted by molar-refractivity contribution is 7.84. The molecule has 0 saturated carbocycles. The van der Waals surface area contributed by atoms with Gasteiger partial charge in [-0.05, 0) is 24.3 Å². The van der Waals surface area contributed by atoms with Gasteiger partial charge in [-0.2, -0.15) is 0 Å². The molecule has 0 aliphatic rings. The van der Waals surface area contributed by atoms with E-state index in [1.165, 1.54) is 12.1 Å². The molecule has 2 atom stereocenters. The van der Waals surface area contributed by atoms with Gasteiger partial charge in [-0.25, -0.2) is 4.52 Å². The summed E-state index contributed by atoms with van der Waals surface area (Å²) in [5.74, 6) is 0.290. The second-order valence-corrected chi connectivity index (χ2v) is 4.29. The summed E-state index contributed by atoms with van der Waals surface area (Å²) in [5, 5.41) is 0. The standard InChI is InChI=1S/C7H7O4PS/c1-13(10)7-4-2-6(3-5-7)11-12(8)9/h2-5H,1H3/p+1. The van der Waals surface area contributed by atoms with Gasteiger partial charge in [-0.15, -0.1) is 4.89 Å². The van der Waals surface area contributed by atoms with Crippen molar-refractivity contribution in [1.29, 1.82) is 0 Å². The first-order valence-corrected chi connectivity index (χ1v) is 6.06. The molecular formula is C7H8O4PS+. The zero-order chi connectivity index (χ0) is 9.84. The maximum Gasteiger partial charge on any atom is 0.747 e. The third-order valence-corrected chi connectivity index (χ3v) is 2.64. The SMILES string of the molecule is CS(=O)c1ccc(O[P+](=O)O)cc1. The van der Waals surface area contributed by atoms with Gasteiger partial charge in [0.2, 0.25) is 0 Å². The van der Waals surface area contributed by atoms with Crippen LogP contribution in [-0.4, -0.2) is 15.4 Å². The molecule has 1 aromatic carbocycles. The smallest absolute Gasteiger partial charge is 0.255 e. The fraction of sp³-hybridized carbons (Fsp3) is 0.143. The fourth-order valence-electron chi connectivity index (χ4n) is 0.782. The molecule has 0 amide bonds. The molecule has 0 radical (unpaired) electrons. The third-order valence-electron chi connectivity index (χ3n) is 1.34. The van der Waals surface area contributed by atoms with Crippen LogP contribution in [0.25, 0.3) is 0 Å². The van der Waals surface area contributed by atoms with Gasteiger partial charge in [-0.1, -0.05) is 0 Å². The van der Waals surface area contributed by atoms with Gasteiger partial charge in [0.1, 0.15) is 0 Å². The second-order valence-electron chi connectivity index (χ2n) is 2.25. The van der Waals surface area contributed by atoms with E-state index in [1.807, 2.05) is 0 Å². The van der Waals surface area contributed by atoms with Crippen molar-refractivity contribution in [3.8, 4) is 5.75 Å². The molecule has 1 rings (SSSR count). The third kappa shape index (κ3) is 3.22. The van der Waals surface area contributed by atoms with E-state index < -0.39 is 19.1 Å². The van der Waals surface area contributed by atoms with Crippen molar-refractivity contribution in [3.05, 3.63) is 24.3 Å². The van der Waals surface area contributed by atoms with Gasteiger partial charge in [0.15, 0.2) is 5.75 Å². The van der Waals surface area contributed by atoms with Crippen LogP contribution >= 0.6 is 8.25 Å². The fourth-order valence-corrected chi connectivity index (χ4v) is 1.60. The average molecular weight is 219 g/mol. The number of benzene rings is 1. The summed E-state index contributed by atoms with van der Waals surface area (Å²) in [5.41, 5.74) is 0. The Balaban J connectivity index is 2.81. The highest BCUT2D eigenvalue weighted by Gasteiger charge is 2.13. The van der Waals surface area contributed by atoms with E-state index in [4.69, 9.17) is 4.89 Å². The lowest BCUT2D eigenvalue weighted by Crippen LogP contribution is -1.86. The Bertz CT molecular complexity index is 335. The van der Waals surface area contributed by atoms with Crippen LogP contribution in [0.1, 0.15) is 0 Å². The van der Waals surface area contributed by atoms with Gasteiger partial charge in [0.05, 0.1) is 0 Å². The van der Waals surface area contributed by atoms with Crippen molar-refractivity contribution in [3.63, 3.8) is 0 Å². The largest absolute Gasteiger partial charge is 0.747 e. The Morgan fingerprint density at radius 3 is 2.31 bits per heavy atom. The molecule has 70 valence electrons. The molecule has 0 spiro atoms. The van der Waals surface area contributed by atoms with Gasteiger partial charge in [0.25, 0.3) is 0 Å². The predicted molar refractivity (Wildman–Crippen MR) is 49.2 cm³/mol. The highest BCUT2D eigenvalue weighted by Crippen LogP contribution is 2.23. The van der Waals surface area contributed by atoms with Crippen LogP contribution in [0.5, 0.6) is 5.75 Å². The van der Waals surface area contributed by atoms with Crippen molar-refractivity contribution in [1.82, 2.24) is 0 Å². The highest BCUT2D eigenvalue weighted by atomic mass is 32.2. The van der Waals surface area contributed by atoms with E-state index in [0.29, 0.717) is 4.90 Å². The van der Waals surface area contributed by atoms with Crippen LogP contribution in [0.15, 0.2) is 29.2 Å². The normalized spacial score (nSPS) is 13.5. The lowest BCUT2D eigenvalue weighted by molar-refractivity contribution is 0.410. The Morgan fingerprint density at radius 1 is 1.38 bits per heavy atom. The van der Waals surface area contributed by atoms with Gasteiger partial charge < -0.3 is 0 Å². The summed E-state index contributed by atoms with van der Waals surface area (Å²) >= 11 is 0. The van der Waals surface area contributed by atoms with E-state index >= 15 is 0 Å². The molecule has 13 heavy (non-hydrogen) atoms. The zero-order valence-corrected chi connectivity index (χ0v) is 8.55. The molecule has 0 heterocycles. The van der Waals surface area contributed by atoms with Gasteiger partial charge in [0, 0.05) is 26.5 Å². The molecule has 0 bridgehead atoms. The molecule has 1 N–H and O–H groups in total. The van der Waals surface area contributed by atoms with Crippen LogP contribution in [0, 0.1) is 0 Å². The van der Waals surface area contributed by atoms with E-state index in [9.17, 15) is 8.77 Å². The Morgan fingerprint density at radius 2 is 1.92 bits per heavy atom. The molecule has 0 aliphatic heterocycles. The molecule has 1 aromatic rings. The van der Waals surface area contributed by atoms with E-state index in [0.717, 1.165) is 0 Å². The second kappa shape index (κ2) is 4.46. The molecule has 0 fully saturated rings. The summed E-state index contributed by atoms with van der Waals surface area (Å²) in [4.78, 5) is 9.06. The van der Waals surface area contributed by atoms with Crippen molar-refractivity contribution in [2.75, 3.05) is 6.26 Å². The summed E-state index contributed by atoms with van der Waals surface area (Å²) in [6.45, 7) is 0. The lowest BCUT2D eigenvalue weighted by Gasteiger charge is -1.94. The number of rotatable bonds is 3. The maximum absolute atomic E-state index is 10.9. The Hall–Kier alpha value is -0.770. The first-order chi connectivity index (χ1) is 6.09. The zero-order valence-electron chi connectivity index (χ0n) is 6.84. The van der Waals surface area contributed by atoms with Crippen LogP contribution in [-0.2, 0) is 15.4 Å². The van der Waals surface area contributed by atoms with Crippen molar-refractivity contribution in [2.24, 2.45) is 0 Å². The van der Waals surface area contributed by atoms with E-state index in [-0.39, 0.29) is 5.75 Å². The molecule has 0 saturated heterocycles. The van der Waals surface area contributed by atoms with Crippen molar-refractivity contribution < 1.29 is 18.2 Å². The minimum Gasteiger partial charge on any atom is -0.255 e. The van der Waals surface area contributed by atoms with Gasteiger partial charge >= 0.3 is 8.25 Å². The predicted octanol–water partition coefficient (Wildman–Crippen LogP) is 1.45. The quantitative estimate of drug-likeness (QED) is 0.781. The Labute approximate surface area is 79.0 Å². The molecular weight excluding hydrogens is 211 g/mol. The summed E-state index contributed by atoms with van der Waals surface area (Å²) in [6, 6.07) is 6.18. The van der Waals surface area contributed by atoms with Gasteiger partial charge in [-0.3, -0.25) is 4.21 Å². The lowest BCUT2D eigenvalue weighted by atomic mass is 10.3. The first kappa shape index (κ1) is 10.3. The first-order valence-electron chi connectivity index (χ1n) is 3.37. The molecule has 0 aromatic heterocycles. The molecule has 2 unspecified atom stereocenters. The molecule has 6 heteroatoms. The summed E-state index contributed by atoms with van der Waals surface area (Å²) in [6.07, 6.45) is 1.56. The number of hydrogen-bond donors (Lipinski definition) is 1. The van der Waals surface area contributed by atoms with Crippen LogP contribution in [0.4, 0.5) is 0 Å². The van der Waals surface area contributed by atoms with Crippen molar-refractivity contribution >= 4 is 19.1 Å². The maximum atomic E-state index is 10.9. The average Bonchev–Trinajstić information content (AvgIpc) is 2.04. The molecule has 0 aliphatic carbocycles. The molecule has 4 nitrogen and oxygen atoms in total. The van der Waals surface area contributed by atoms with Crippen LogP contribution < -0.4 is 4.52 Å². The van der Waals surface area contributed by atoms with E-state index in [2.05, 4.69) is 4.52 Å². The monoisotopic (exact) mass is 219 g/mol. The topological polar surface area (TPSA) is 63.6 Å². The minimum atomic E-state index is -2.63. The summed E-state index contributed by atoms with van der Waals surface area (Å²) in [7, 11) is -3.67. The van der Waals surface area contributed by atoms with Crippen LogP contribution in [0.3, 0.4) is 0 Å². The van der Waals surface area contributed by atoms with E-state index in [1.54, 1.807) is 18.4 Å². The number of hydrogen-bond acceptors (Lipinski definition) is 3.